The molecule has 2 heteroatoms. The smallest absolute Gasteiger partial charge is 0.0196 e. The van der Waals surface area contributed by atoms with E-state index >= 15 is 0 Å². The van der Waals surface area contributed by atoms with E-state index < -0.39 is 0 Å². The van der Waals surface area contributed by atoms with Gasteiger partial charge in [-0.1, -0.05) is 11.6 Å². The fourth-order valence-corrected chi connectivity index (χ4v) is 1.45. The van der Waals surface area contributed by atoms with Crippen LogP contribution in [0.2, 0.25) is 0 Å². The number of nitrogens with one attached hydrogen (secondary N) is 1. The first-order valence-corrected chi connectivity index (χ1v) is 4.78. The van der Waals surface area contributed by atoms with E-state index in [1.165, 1.54) is 12.1 Å². The fourth-order valence-electron chi connectivity index (χ4n) is 1.45. The Bertz CT molecular complexity index is 159. The van der Waals surface area contributed by atoms with Gasteiger partial charge in [0.2, 0.25) is 0 Å². The molecule has 1 heterocycles. The summed E-state index contributed by atoms with van der Waals surface area (Å²) in [6.45, 7) is 11.2. The van der Waals surface area contributed by atoms with Crippen LogP contribution in [0.3, 0.4) is 0 Å². The monoisotopic (exact) mass is 168 g/mol. The summed E-state index contributed by atoms with van der Waals surface area (Å²) in [5, 5.41) is 3.39. The molecule has 0 saturated carbocycles. The Morgan fingerprint density at radius 1 is 1.58 bits per heavy atom. The van der Waals surface area contributed by atoms with Crippen molar-refractivity contribution in [1.82, 2.24) is 10.2 Å². The number of nitrogens with zero attached hydrogens (tertiary/aromatic N) is 1. The van der Waals surface area contributed by atoms with Crippen LogP contribution in [0.4, 0.5) is 0 Å². The van der Waals surface area contributed by atoms with Gasteiger partial charge in [0.25, 0.3) is 0 Å². The normalized spacial score (nSPS) is 25.4. The third kappa shape index (κ3) is 2.95. The van der Waals surface area contributed by atoms with Crippen molar-refractivity contribution in [3.8, 4) is 0 Å². The van der Waals surface area contributed by atoms with E-state index in [1.807, 2.05) is 0 Å². The van der Waals surface area contributed by atoms with Crippen molar-refractivity contribution in [2.45, 2.75) is 26.8 Å². The molecule has 0 amide bonds. The molecule has 0 aromatic carbocycles. The van der Waals surface area contributed by atoms with Crippen LogP contribution in [0.15, 0.2) is 11.6 Å². The second-order valence-electron chi connectivity index (χ2n) is 3.83. The van der Waals surface area contributed by atoms with Crippen molar-refractivity contribution in [3.05, 3.63) is 11.6 Å². The number of rotatable bonds is 2. The van der Waals surface area contributed by atoms with Crippen molar-refractivity contribution in [1.29, 1.82) is 0 Å². The van der Waals surface area contributed by atoms with Gasteiger partial charge < -0.3 is 5.32 Å². The van der Waals surface area contributed by atoms with Crippen molar-refractivity contribution >= 4 is 0 Å². The Hall–Kier alpha value is -0.340. The first-order valence-electron chi connectivity index (χ1n) is 4.78. The van der Waals surface area contributed by atoms with E-state index in [0.29, 0.717) is 6.04 Å². The summed E-state index contributed by atoms with van der Waals surface area (Å²) in [7, 11) is 0. The van der Waals surface area contributed by atoms with Gasteiger partial charge in [-0.05, 0) is 20.8 Å². The Morgan fingerprint density at radius 2 is 2.33 bits per heavy atom. The van der Waals surface area contributed by atoms with Gasteiger partial charge in [-0.15, -0.1) is 0 Å². The zero-order valence-corrected chi connectivity index (χ0v) is 8.43. The second kappa shape index (κ2) is 4.63. The minimum atomic E-state index is 0.689. The van der Waals surface area contributed by atoms with Gasteiger partial charge in [0.15, 0.2) is 0 Å². The molecule has 0 aromatic heterocycles. The highest BCUT2D eigenvalue weighted by Crippen LogP contribution is 2.02. The highest BCUT2D eigenvalue weighted by atomic mass is 15.2. The molecule has 1 saturated heterocycles. The quantitative estimate of drug-likeness (QED) is 0.624. The van der Waals surface area contributed by atoms with Crippen LogP contribution in [0.1, 0.15) is 20.8 Å². The molecule has 12 heavy (non-hydrogen) atoms. The summed E-state index contributed by atoms with van der Waals surface area (Å²) in [4.78, 5) is 2.52. The van der Waals surface area contributed by atoms with E-state index in [4.69, 9.17) is 0 Å². The van der Waals surface area contributed by atoms with E-state index in [0.717, 1.165) is 19.6 Å². The minimum absolute atomic E-state index is 0.689. The maximum absolute atomic E-state index is 3.39. The standard InChI is InChI=1S/C10H20N2/c1-9(2)4-6-12-7-5-11-8-10(12)3/h4,10-11H,5-8H2,1-3H3/t10-/m1/s1. The molecule has 1 aliphatic heterocycles. The lowest BCUT2D eigenvalue weighted by atomic mass is 10.2. The molecule has 0 aromatic rings. The summed E-state index contributed by atoms with van der Waals surface area (Å²) < 4.78 is 0. The van der Waals surface area contributed by atoms with Crippen LogP contribution in [-0.2, 0) is 0 Å². The first-order chi connectivity index (χ1) is 5.70. The summed E-state index contributed by atoms with van der Waals surface area (Å²) in [6.07, 6.45) is 2.31. The molecule has 0 aliphatic carbocycles. The third-order valence-electron chi connectivity index (χ3n) is 2.37. The van der Waals surface area contributed by atoms with Gasteiger partial charge in [0.1, 0.15) is 0 Å². The number of allylic oxidation sites excluding steroid dienone is 1. The molecule has 1 atom stereocenters. The molecule has 1 aliphatic rings. The lowest BCUT2D eigenvalue weighted by Gasteiger charge is -2.33. The van der Waals surface area contributed by atoms with Crippen molar-refractivity contribution in [3.63, 3.8) is 0 Å². The molecule has 0 bridgehead atoms. The maximum atomic E-state index is 3.39. The topological polar surface area (TPSA) is 15.3 Å². The number of piperazine rings is 1. The van der Waals surface area contributed by atoms with Gasteiger partial charge >= 0.3 is 0 Å². The highest BCUT2D eigenvalue weighted by Gasteiger charge is 2.15. The summed E-state index contributed by atoms with van der Waals surface area (Å²) >= 11 is 0. The highest BCUT2D eigenvalue weighted by molar-refractivity contribution is 4.96. The minimum Gasteiger partial charge on any atom is -0.314 e. The molecule has 70 valence electrons. The van der Waals surface area contributed by atoms with Crippen LogP contribution in [0, 0.1) is 0 Å². The largest absolute Gasteiger partial charge is 0.314 e. The Balaban J connectivity index is 2.34. The Morgan fingerprint density at radius 3 is 2.92 bits per heavy atom. The molecule has 0 radical (unpaired) electrons. The predicted molar refractivity (Wildman–Crippen MR) is 53.3 cm³/mol. The second-order valence-corrected chi connectivity index (χ2v) is 3.83. The third-order valence-corrected chi connectivity index (χ3v) is 2.37. The van der Waals surface area contributed by atoms with E-state index in [-0.39, 0.29) is 0 Å². The van der Waals surface area contributed by atoms with Gasteiger partial charge in [0.05, 0.1) is 0 Å². The molecule has 1 rings (SSSR count). The fraction of sp³-hybridized carbons (Fsp3) is 0.800. The van der Waals surface area contributed by atoms with Gasteiger partial charge in [-0.2, -0.15) is 0 Å². The van der Waals surface area contributed by atoms with E-state index in [2.05, 4.69) is 37.1 Å². The zero-order valence-electron chi connectivity index (χ0n) is 8.43. The summed E-state index contributed by atoms with van der Waals surface area (Å²) in [5.74, 6) is 0. The van der Waals surface area contributed by atoms with Gasteiger partial charge in [0, 0.05) is 32.2 Å². The molecule has 2 nitrogen and oxygen atoms in total. The van der Waals surface area contributed by atoms with E-state index in [1.54, 1.807) is 0 Å². The van der Waals surface area contributed by atoms with Crippen LogP contribution >= 0.6 is 0 Å². The maximum Gasteiger partial charge on any atom is 0.0196 e. The Kier molecular flexibility index (Phi) is 3.76. The number of hydrogen-bond donors (Lipinski definition) is 1. The first kappa shape index (κ1) is 9.75. The zero-order chi connectivity index (χ0) is 8.97. The SMILES string of the molecule is CC(C)=CCN1CCNC[C@H]1C. The van der Waals surface area contributed by atoms with Gasteiger partial charge in [-0.25, -0.2) is 0 Å². The summed E-state index contributed by atoms with van der Waals surface area (Å²) in [5.41, 5.74) is 1.42. The molecular weight excluding hydrogens is 148 g/mol. The van der Waals surface area contributed by atoms with Crippen LogP contribution < -0.4 is 5.32 Å². The molecule has 1 N–H and O–H groups in total. The van der Waals surface area contributed by atoms with Crippen LogP contribution in [-0.4, -0.2) is 37.1 Å². The predicted octanol–water partition coefficient (Wildman–Crippen LogP) is 1.25. The average molecular weight is 168 g/mol. The van der Waals surface area contributed by atoms with Gasteiger partial charge in [-0.3, -0.25) is 4.90 Å². The van der Waals surface area contributed by atoms with Crippen molar-refractivity contribution in [2.24, 2.45) is 0 Å². The van der Waals surface area contributed by atoms with Crippen LogP contribution in [0.5, 0.6) is 0 Å². The number of hydrogen-bond acceptors (Lipinski definition) is 2. The van der Waals surface area contributed by atoms with E-state index in [9.17, 15) is 0 Å². The van der Waals surface area contributed by atoms with Crippen LogP contribution in [0.25, 0.3) is 0 Å². The average Bonchev–Trinajstić information content (AvgIpc) is 2.03. The molecule has 1 fully saturated rings. The summed E-state index contributed by atoms with van der Waals surface area (Å²) in [6, 6.07) is 0.689. The molecule has 0 unspecified atom stereocenters. The van der Waals surface area contributed by atoms with Crippen molar-refractivity contribution < 1.29 is 0 Å². The Labute approximate surface area is 75.6 Å². The lowest BCUT2D eigenvalue weighted by Crippen LogP contribution is -2.49. The molecular formula is C10H20N2. The lowest BCUT2D eigenvalue weighted by molar-refractivity contribution is 0.192. The molecule has 0 spiro atoms. The van der Waals surface area contributed by atoms with Crippen molar-refractivity contribution in [2.75, 3.05) is 26.2 Å².